The van der Waals surface area contributed by atoms with E-state index in [9.17, 15) is 14.5 Å². The monoisotopic (exact) mass is 342 g/mol. The lowest BCUT2D eigenvalue weighted by molar-refractivity contribution is -0.383. The molecule has 0 saturated heterocycles. The summed E-state index contributed by atoms with van der Waals surface area (Å²) in [5.41, 5.74) is 2.13. The number of rotatable bonds is 4. The van der Waals surface area contributed by atoms with Gasteiger partial charge in [0.15, 0.2) is 0 Å². The van der Waals surface area contributed by atoms with E-state index in [0.717, 1.165) is 6.33 Å². The van der Waals surface area contributed by atoms with E-state index in [0.29, 0.717) is 5.69 Å². The predicted octanol–water partition coefficient (Wildman–Crippen LogP) is 2.32. The first-order valence-corrected chi connectivity index (χ1v) is 6.00. The van der Waals surface area contributed by atoms with Crippen molar-refractivity contribution in [1.29, 1.82) is 0 Å². The Hall–Kier alpha value is -2.33. The number of hydrazine groups is 1. The second kappa shape index (κ2) is 5.75. The van der Waals surface area contributed by atoms with Crippen LogP contribution in [-0.2, 0) is 0 Å². The quantitative estimate of drug-likeness (QED) is 0.443. The number of nitrogen functional groups attached to an aromatic ring is 1. The lowest BCUT2D eigenvalue weighted by Gasteiger charge is -2.08. The second-order valence-corrected chi connectivity index (χ2v) is 4.43. The van der Waals surface area contributed by atoms with Crippen LogP contribution < -0.4 is 16.6 Å². The molecule has 2 aromatic rings. The Kier molecular flexibility index (Phi) is 4.05. The van der Waals surface area contributed by atoms with E-state index in [1.165, 1.54) is 18.2 Å². The minimum absolute atomic E-state index is 0.0588. The van der Waals surface area contributed by atoms with Crippen LogP contribution >= 0.6 is 15.9 Å². The molecule has 0 unspecified atom stereocenters. The molecule has 4 N–H and O–H groups in total. The molecule has 104 valence electrons. The zero-order chi connectivity index (χ0) is 14.7. The van der Waals surface area contributed by atoms with E-state index in [1.807, 2.05) is 0 Å². The number of nitrogens with zero attached hydrogens (tertiary/aromatic N) is 3. The summed E-state index contributed by atoms with van der Waals surface area (Å²) in [5, 5.41) is 13.7. The maximum absolute atomic E-state index is 13.1. The fourth-order valence-electron chi connectivity index (χ4n) is 1.46. The van der Waals surface area contributed by atoms with Gasteiger partial charge in [0.1, 0.15) is 12.1 Å². The lowest BCUT2D eigenvalue weighted by atomic mass is 10.3. The summed E-state index contributed by atoms with van der Waals surface area (Å²) in [7, 11) is 0. The minimum Gasteiger partial charge on any atom is -0.334 e. The fraction of sp³-hybridized carbons (Fsp3) is 0. The van der Waals surface area contributed by atoms with Gasteiger partial charge < -0.3 is 10.7 Å². The Labute approximate surface area is 120 Å². The zero-order valence-electron chi connectivity index (χ0n) is 9.80. The first-order valence-electron chi connectivity index (χ1n) is 5.21. The third kappa shape index (κ3) is 2.81. The third-order valence-corrected chi connectivity index (χ3v) is 2.93. The van der Waals surface area contributed by atoms with Gasteiger partial charge in [-0.1, -0.05) is 0 Å². The van der Waals surface area contributed by atoms with E-state index in [-0.39, 0.29) is 16.1 Å². The Balaban J connectivity index is 2.42. The zero-order valence-corrected chi connectivity index (χ0v) is 11.4. The summed E-state index contributed by atoms with van der Waals surface area (Å²) in [6.45, 7) is 0. The number of aromatic nitrogens is 2. The molecule has 1 heterocycles. The van der Waals surface area contributed by atoms with Crippen LogP contribution in [0.1, 0.15) is 0 Å². The highest BCUT2D eigenvalue weighted by Crippen LogP contribution is 2.31. The number of hydrogen-bond donors (Lipinski definition) is 3. The fourth-order valence-corrected chi connectivity index (χ4v) is 1.84. The van der Waals surface area contributed by atoms with Crippen molar-refractivity contribution in [2.75, 3.05) is 10.7 Å². The van der Waals surface area contributed by atoms with Gasteiger partial charge in [0, 0.05) is 5.69 Å². The summed E-state index contributed by atoms with van der Waals surface area (Å²) in [5.74, 6) is 4.53. The highest BCUT2D eigenvalue weighted by atomic mass is 79.9. The van der Waals surface area contributed by atoms with E-state index in [2.05, 4.69) is 36.6 Å². The van der Waals surface area contributed by atoms with Crippen LogP contribution in [0, 0.1) is 15.9 Å². The number of nitrogens with one attached hydrogen (secondary N) is 2. The summed E-state index contributed by atoms with van der Waals surface area (Å²) in [6.07, 6.45) is 1.11. The minimum atomic E-state index is -0.671. The maximum atomic E-state index is 13.1. The lowest BCUT2D eigenvalue weighted by Crippen LogP contribution is -2.12. The van der Waals surface area contributed by atoms with Gasteiger partial charge in [-0.15, -0.1) is 0 Å². The molecule has 0 bridgehead atoms. The number of nitro groups is 1. The molecule has 2 rings (SSSR count). The molecule has 0 fully saturated rings. The number of benzene rings is 1. The molecule has 10 heteroatoms. The molecule has 1 aromatic carbocycles. The molecule has 1 aromatic heterocycles. The van der Waals surface area contributed by atoms with Crippen LogP contribution in [0.2, 0.25) is 0 Å². The van der Waals surface area contributed by atoms with Gasteiger partial charge in [0.25, 0.3) is 0 Å². The molecular formula is C10H8BrFN6O2. The summed E-state index contributed by atoms with van der Waals surface area (Å²) < 4.78 is 13.3. The van der Waals surface area contributed by atoms with Crippen LogP contribution in [0.15, 0.2) is 29.0 Å². The SMILES string of the molecule is NNc1ncnc(Nc2ccc(F)c(Br)c2)c1[N+](=O)[O-]. The Morgan fingerprint density at radius 3 is 2.65 bits per heavy atom. The van der Waals surface area contributed by atoms with E-state index in [4.69, 9.17) is 5.84 Å². The van der Waals surface area contributed by atoms with Crippen molar-refractivity contribution in [3.05, 3.63) is 44.9 Å². The number of halogens is 2. The van der Waals surface area contributed by atoms with Gasteiger partial charge in [-0.25, -0.2) is 20.2 Å². The average Bonchev–Trinajstić information content (AvgIpc) is 2.42. The average molecular weight is 343 g/mol. The first-order chi connectivity index (χ1) is 9.52. The summed E-state index contributed by atoms with van der Waals surface area (Å²) in [6, 6.07) is 4.06. The maximum Gasteiger partial charge on any atom is 0.354 e. The molecule has 0 saturated carbocycles. The van der Waals surface area contributed by atoms with Gasteiger partial charge >= 0.3 is 5.69 Å². The van der Waals surface area contributed by atoms with Crippen molar-refractivity contribution < 1.29 is 9.31 Å². The summed E-state index contributed by atoms with van der Waals surface area (Å²) in [4.78, 5) is 17.8. The van der Waals surface area contributed by atoms with E-state index >= 15 is 0 Å². The molecule has 0 aliphatic carbocycles. The van der Waals surface area contributed by atoms with Crippen LogP contribution in [0.25, 0.3) is 0 Å². The molecule has 0 amide bonds. The van der Waals surface area contributed by atoms with Gasteiger partial charge in [-0.2, -0.15) is 0 Å². The highest BCUT2D eigenvalue weighted by Gasteiger charge is 2.22. The number of anilines is 3. The smallest absolute Gasteiger partial charge is 0.334 e. The molecule has 20 heavy (non-hydrogen) atoms. The predicted molar refractivity (Wildman–Crippen MR) is 73.9 cm³/mol. The molecular weight excluding hydrogens is 335 g/mol. The van der Waals surface area contributed by atoms with Crippen molar-refractivity contribution in [1.82, 2.24) is 9.97 Å². The van der Waals surface area contributed by atoms with Crippen LogP contribution in [-0.4, -0.2) is 14.9 Å². The van der Waals surface area contributed by atoms with E-state index < -0.39 is 16.4 Å². The molecule has 0 aliphatic rings. The van der Waals surface area contributed by atoms with Crippen molar-refractivity contribution in [2.24, 2.45) is 5.84 Å². The third-order valence-electron chi connectivity index (χ3n) is 2.32. The standard InChI is InChI=1S/C10H8BrFN6O2/c11-6-3-5(1-2-7(6)12)16-9-8(18(19)20)10(17-13)15-4-14-9/h1-4H,13H2,(H2,14,15,16,17). The van der Waals surface area contributed by atoms with Crippen LogP contribution in [0.5, 0.6) is 0 Å². The molecule has 0 radical (unpaired) electrons. The Morgan fingerprint density at radius 2 is 2.05 bits per heavy atom. The van der Waals surface area contributed by atoms with Gasteiger partial charge in [-0.3, -0.25) is 10.1 Å². The van der Waals surface area contributed by atoms with Gasteiger partial charge in [0.2, 0.25) is 11.6 Å². The molecule has 0 aliphatic heterocycles. The molecule has 8 nitrogen and oxygen atoms in total. The van der Waals surface area contributed by atoms with Gasteiger partial charge in [0.05, 0.1) is 9.40 Å². The summed E-state index contributed by atoms with van der Waals surface area (Å²) >= 11 is 3.02. The largest absolute Gasteiger partial charge is 0.354 e. The Bertz CT molecular complexity index is 668. The number of hydrogen-bond acceptors (Lipinski definition) is 7. The van der Waals surface area contributed by atoms with E-state index in [1.54, 1.807) is 0 Å². The molecule has 0 spiro atoms. The van der Waals surface area contributed by atoms with Crippen LogP contribution in [0.4, 0.5) is 27.4 Å². The Morgan fingerprint density at radius 1 is 1.35 bits per heavy atom. The highest BCUT2D eigenvalue weighted by molar-refractivity contribution is 9.10. The number of nitrogens with two attached hydrogens (primary N) is 1. The van der Waals surface area contributed by atoms with Crippen molar-refractivity contribution in [2.45, 2.75) is 0 Å². The first kappa shape index (κ1) is 14.1. The van der Waals surface area contributed by atoms with Crippen molar-refractivity contribution in [3.63, 3.8) is 0 Å². The van der Waals surface area contributed by atoms with Gasteiger partial charge in [-0.05, 0) is 34.1 Å². The van der Waals surface area contributed by atoms with Crippen LogP contribution in [0.3, 0.4) is 0 Å². The van der Waals surface area contributed by atoms with Crippen molar-refractivity contribution in [3.8, 4) is 0 Å². The van der Waals surface area contributed by atoms with Crippen molar-refractivity contribution >= 4 is 38.9 Å². The topological polar surface area (TPSA) is 119 Å². The normalized spacial score (nSPS) is 10.2. The molecule has 0 atom stereocenters. The second-order valence-electron chi connectivity index (χ2n) is 3.57.